The molecule has 88 valence electrons. The van der Waals surface area contributed by atoms with Gasteiger partial charge in [-0.25, -0.2) is 0 Å². The smallest absolute Gasteiger partial charge is 0.163 e. The Morgan fingerprint density at radius 2 is 1.94 bits per heavy atom. The van der Waals surface area contributed by atoms with Crippen LogP contribution in [0.15, 0.2) is 24.3 Å². The molecule has 0 aliphatic heterocycles. The van der Waals surface area contributed by atoms with Crippen LogP contribution in [0.25, 0.3) is 0 Å². The minimum atomic E-state index is 0.194. The number of Topliss-reactive ketones (excluding diaryl/α,β-unsaturated/α-hetero) is 1. The van der Waals surface area contributed by atoms with Crippen LogP contribution in [0.2, 0.25) is 0 Å². The summed E-state index contributed by atoms with van der Waals surface area (Å²) in [6, 6.07) is 7.84. The highest BCUT2D eigenvalue weighted by atomic mass is 16.1. The molecule has 0 amide bonds. The summed E-state index contributed by atoms with van der Waals surface area (Å²) in [6.07, 6.45) is 0.632. The molecule has 0 aromatic heterocycles. The van der Waals surface area contributed by atoms with Gasteiger partial charge in [0.15, 0.2) is 5.78 Å². The molecule has 1 nitrogen and oxygen atoms in total. The van der Waals surface area contributed by atoms with Gasteiger partial charge in [-0.05, 0) is 24.3 Å². The maximum atomic E-state index is 12.1. The molecule has 16 heavy (non-hydrogen) atoms. The lowest BCUT2D eigenvalue weighted by Gasteiger charge is -2.26. The summed E-state index contributed by atoms with van der Waals surface area (Å²) in [5, 5.41) is 0. The van der Waals surface area contributed by atoms with E-state index < -0.39 is 0 Å². The topological polar surface area (TPSA) is 17.1 Å². The summed E-state index contributed by atoms with van der Waals surface area (Å²) in [5.74, 6) is 0.659. The molecule has 0 saturated heterocycles. The van der Waals surface area contributed by atoms with Crippen molar-refractivity contribution >= 4 is 5.78 Å². The Labute approximate surface area is 98.9 Å². The van der Waals surface area contributed by atoms with Gasteiger partial charge in [-0.3, -0.25) is 4.79 Å². The van der Waals surface area contributed by atoms with Crippen molar-refractivity contribution in [2.24, 2.45) is 11.3 Å². The monoisotopic (exact) mass is 218 g/mol. The molecule has 0 radical (unpaired) electrons. The van der Waals surface area contributed by atoms with E-state index in [0.717, 1.165) is 11.1 Å². The first-order valence-electron chi connectivity index (χ1n) is 5.90. The third-order valence-corrected chi connectivity index (χ3v) is 3.31. The van der Waals surface area contributed by atoms with Crippen LogP contribution in [-0.2, 0) is 0 Å². The maximum absolute atomic E-state index is 12.1. The predicted octanol–water partition coefficient (Wildman–Crippen LogP) is 4.25. The second-order valence-electron chi connectivity index (χ2n) is 5.76. The Balaban J connectivity index is 2.74. The third kappa shape index (κ3) is 3.48. The largest absolute Gasteiger partial charge is 0.294 e. The second-order valence-corrected chi connectivity index (χ2v) is 5.76. The van der Waals surface area contributed by atoms with Gasteiger partial charge in [0.05, 0.1) is 0 Å². The zero-order valence-corrected chi connectivity index (χ0v) is 11.0. The molecule has 1 heteroatoms. The average molecular weight is 218 g/mol. The van der Waals surface area contributed by atoms with Gasteiger partial charge < -0.3 is 0 Å². The highest BCUT2D eigenvalue weighted by molar-refractivity contribution is 5.96. The van der Waals surface area contributed by atoms with Crippen molar-refractivity contribution in [2.45, 2.75) is 41.0 Å². The van der Waals surface area contributed by atoms with Crippen molar-refractivity contribution < 1.29 is 4.79 Å². The van der Waals surface area contributed by atoms with Crippen LogP contribution in [0.4, 0.5) is 0 Å². The van der Waals surface area contributed by atoms with Crippen LogP contribution in [0.5, 0.6) is 0 Å². The molecule has 1 unspecified atom stereocenters. The van der Waals surface area contributed by atoms with Crippen LogP contribution < -0.4 is 0 Å². The lowest BCUT2D eigenvalue weighted by molar-refractivity contribution is 0.0927. The molecule has 0 aliphatic carbocycles. The molecule has 0 fully saturated rings. The maximum Gasteiger partial charge on any atom is 0.163 e. The number of carbonyl (C=O) groups excluding carboxylic acids is 1. The first kappa shape index (κ1) is 13.0. The third-order valence-electron chi connectivity index (χ3n) is 3.31. The van der Waals surface area contributed by atoms with Crippen LogP contribution in [0.3, 0.4) is 0 Å². The fourth-order valence-electron chi connectivity index (χ4n) is 1.52. The summed E-state index contributed by atoms with van der Waals surface area (Å²) in [6.45, 7) is 10.7. The molecule has 1 rings (SSSR count). The van der Waals surface area contributed by atoms with Crippen LogP contribution in [0, 0.1) is 18.3 Å². The molecule has 1 aromatic carbocycles. The minimum absolute atomic E-state index is 0.194. The number of carbonyl (C=O) groups is 1. The molecule has 0 bridgehead atoms. The van der Waals surface area contributed by atoms with Gasteiger partial charge >= 0.3 is 0 Å². The quantitative estimate of drug-likeness (QED) is 0.693. The Hall–Kier alpha value is -1.11. The number of benzene rings is 1. The van der Waals surface area contributed by atoms with E-state index in [9.17, 15) is 4.79 Å². The van der Waals surface area contributed by atoms with Crippen molar-refractivity contribution in [3.63, 3.8) is 0 Å². The van der Waals surface area contributed by atoms with Crippen LogP contribution >= 0.6 is 0 Å². The van der Waals surface area contributed by atoms with Gasteiger partial charge in [-0.1, -0.05) is 51.5 Å². The van der Waals surface area contributed by atoms with Crippen molar-refractivity contribution in [3.8, 4) is 0 Å². The SMILES string of the molecule is Cc1cccc(C(=O)CC(C)C(C)(C)C)c1. The molecular formula is C15H22O. The van der Waals surface area contributed by atoms with Gasteiger partial charge in [0, 0.05) is 12.0 Å². The van der Waals surface area contributed by atoms with E-state index in [4.69, 9.17) is 0 Å². The summed E-state index contributed by atoms with van der Waals surface area (Å²) < 4.78 is 0. The summed E-state index contributed by atoms with van der Waals surface area (Å²) in [7, 11) is 0. The van der Waals surface area contributed by atoms with Gasteiger partial charge in [-0.2, -0.15) is 0 Å². The highest BCUT2D eigenvalue weighted by Crippen LogP contribution is 2.29. The van der Waals surface area contributed by atoms with Crippen LogP contribution in [0.1, 0.15) is 50.0 Å². The van der Waals surface area contributed by atoms with Gasteiger partial charge in [0.25, 0.3) is 0 Å². The van der Waals surface area contributed by atoms with E-state index in [2.05, 4.69) is 27.7 Å². The van der Waals surface area contributed by atoms with Crippen LogP contribution in [-0.4, -0.2) is 5.78 Å². The molecule has 0 heterocycles. The number of ketones is 1. The fraction of sp³-hybridized carbons (Fsp3) is 0.533. The standard InChI is InChI=1S/C15H22O/c1-11-7-6-8-13(9-11)14(16)10-12(2)15(3,4)5/h6-9,12H,10H2,1-5H3. The first-order chi connectivity index (χ1) is 7.30. The fourth-order valence-corrected chi connectivity index (χ4v) is 1.52. The van der Waals surface area contributed by atoms with Gasteiger partial charge in [-0.15, -0.1) is 0 Å². The zero-order valence-electron chi connectivity index (χ0n) is 11.0. The van der Waals surface area contributed by atoms with Crippen molar-refractivity contribution in [2.75, 3.05) is 0 Å². The second kappa shape index (κ2) is 4.82. The molecule has 0 N–H and O–H groups in total. The molecule has 0 aliphatic rings. The van der Waals surface area contributed by atoms with E-state index in [1.807, 2.05) is 31.2 Å². The number of hydrogen-bond acceptors (Lipinski definition) is 1. The lowest BCUT2D eigenvalue weighted by atomic mass is 9.78. The number of aryl methyl sites for hydroxylation is 1. The molecule has 1 atom stereocenters. The summed E-state index contributed by atoms with van der Waals surface area (Å²) in [5.41, 5.74) is 2.19. The highest BCUT2D eigenvalue weighted by Gasteiger charge is 2.22. The predicted molar refractivity (Wildman–Crippen MR) is 68.7 cm³/mol. The number of rotatable bonds is 3. The lowest BCUT2D eigenvalue weighted by Crippen LogP contribution is -2.20. The Kier molecular flexibility index (Phi) is 3.90. The van der Waals surface area contributed by atoms with E-state index in [1.165, 1.54) is 0 Å². The van der Waals surface area contributed by atoms with E-state index in [-0.39, 0.29) is 11.2 Å². The van der Waals surface area contributed by atoms with E-state index in [1.54, 1.807) is 0 Å². The van der Waals surface area contributed by atoms with Gasteiger partial charge in [0.1, 0.15) is 0 Å². The molecule has 0 saturated carbocycles. The Bertz CT molecular complexity index is 371. The minimum Gasteiger partial charge on any atom is -0.294 e. The van der Waals surface area contributed by atoms with Crippen molar-refractivity contribution in [1.29, 1.82) is 0 Å². The molecular weight excluding hydrogens is 196 g/mol. The average Bonchev–Trinajstić information content (AvgIpc) is 2.16. The van der Waals surface area contributed by atoms with Gasteiger partial charge in [0.2, 0.25) is 0 Å². The van der Waals surface area contributed by atoms with E-state index >= 15 is 0 Å². The van der Waals surface area contributed by atoms with Crippen molar-refractivity contribution in [1.82, 2.24) is 0 Å². The first-order valence-corrected chi connectivity index (χ1v) is 5.90. The zero-order chi connectivity index (χ0) is 12.3. The Morgan fingerprint density at radius 1 is 1.31 bits per heavy atom. The molecule has 1 aromatic rings. The van der Waals surface area contributed by atoms with E-state index in [0.29, 0.717) is 12.3 Å². The molecule has 0 spiro atoms. The van der Waals surface area contributed by atoms with Crippen molar-refractivity contribution in [3.05, 3.63) is 35.4 Å². The number of hydrogen-bond donors (Lipinski definition) is 0. The summed E-state index contributed by atoms with van der Waals surface area (Å²) in [4.78, 5) is 12.1. The Morgan fingerprint density at radius 3 is 2.44 bits per heavy atom. The normalized spacial score (nSPS) is 13.6. The summed E-state index contributed by atoms with van der Waals surface area (Å²) >= 11 is 0.